The summed E-state index contributed by atoms with van der Waals surface area (Å²) in [6.07, 6.45) is 10.7. The zero-order chi connectivity index (χ0) is 23.0. The summed E-state index contributed by atoms with van der Waals surface area (Å²) in [6, 6.07) is 12.4. The summed E-state index contributed by atoms with van der Waals surface area (Å²) in [5.41, 5.74) is 4.24. The Balaban J connectivity index is 1.37. The van der Waals surface area contributed by atoms with Gasteiger partial charge in [0.15, 0.2) is 0 Å². The van der Waals surface area contributed by atoms with E-state index < -0.39 is 5.41 Å². The van der Waals surface area contributed by atoms with E-state index in [0.29, 0.717) is 13.0 Å². The lowest BCUT2D eigenvalue weighted by atomic mass is 9.70. The van der Waals surface area contributed by atoms with Crippen molar-refractivity contribution in [2.45, 2.75) is 71.0 Å². The van der Waals surface area contributed by atoms with E-state index >= 15 is 0 Å². The van der Waals surface area contributed by atoms with Crippen LogP contribution in [0, 0.1) is 11.3 Å². The molecule has 172 valence electrons. The third-order valence-corrected chi connectivity index (χ3v) is 7.90. The minimum absolute atomic E-state index is 0.00297. The molecular formula is C28H33N3O2. The van der Waals surface area contributed by atoms with E-state index in [1.165, 1.54) is 16.7 Å². The van der Waals surface area contributed by atoms with Gasteiger partial charge in [0.2, 0.25) is 11.8 Å². The van der Waals surface area contributed by atoms with Crippen LogP contribution in [0.5, 0.6) is 0 Å². The number of allylic oxidation sites excluding steroid dienone is 2. The molecule has 2 saturated heterocycles. The fourth-order valence-electron chi connectivity index (χ4n) is 6.26. The molecule has 1 aromatic heterocycles. The Bertz CT molecular complexity index is 1050. The van der Waals surface area contributed by atoms with E-state index in [0.717, 1.165) is 37.7 Å². The van der Waals surface area contributed by atoms with Crippen LogP contribution in [0.25, 0.3) is 0 Å². The summed E-state index contributed by atoms with van der Waals surface area (Å²) in [7, 11) is 0. The second kappa shape index (κ2) is 8.77. The highest BCUT2D eigenvalue weighted by atomic mass is 16.2. The van der Waals surface area contributed by atoms with Crippen molar-refractivity contribution < 1.29 is 9.59 Å². The molecule has 3 aliphatic rings. The van der Waals surface area contributed by atoms with E-state index in [4.69, 9.17) is 0 Å². The predicted molar refractivity (Wildman–Crippen MR) is 128 cm³/mol. The van der Waals surface area contributed by atoms with Gasteiger partial charge >= 0.3 is 0 Å². The molecule has 2 amide bonds. The molecule has 2 aromatic rings. The van der Waals surface area contributed by atoms with Crippen molar-refractivity contribution in [3.63, 3.8) is 0 Å². The van der Waals surface area contributed by atoms with Crippen LogP contribution in [-0.2, 0) is 29.0 Å². The van der Waals surface area contributed by atoms with Crippen LogP contribution in [-0.4, -0.2) is 33.8 Å². The zero-order valence-corrected chi connectivity index (χ0v) is 19.6. The molecular weight excluding hydrogens is 410 g/mol. The van der Waals surface area contributed by atoms with Gasteiger partial charge in [-0.2, -0.15) is 0 Å². The van der Waals surface area contributed by atoms with Crippen LogP contribution in [0.2, 0.25) is 0 Å². The van der Waals surface area contributed by atoms with E-state index in [1.807, 2.05) is 12.1 Å². The van der Waals surface area contributed by atoms with Gasteiger partial charge in [-0.25, -0.2) is 0 Å². The number of fused-ring (bicyclic) bond motifs is 3. The second-order valence-corrected chi connectivity index (χ2v) is 10.3. The number of nitrogens with zero attached hydrogens (tertiary/aromatic N) is 2. The Morgan fingerprint density at radius 2 is 1.88 bits per heavy atom. The topological polar surface area (TPSA) is 62.3 Å². The average molecular weight is 444 g/mol. The first-order valence-electron chi connectivity index (χ1n) is 12.2. The monoisotopic (exact) mass is 443 g/mol. The third kappa shape index (κ3) is 3.98. The first-order valence-corrected chi connectivity index (χ1v) is 12.2. The maximum absolute atomic E-state index is 13.8. The number of hydrogen-bond donors (Lipinski definition) is 1. The standard InChI is InChI=1S/C28H33N3O2/c1-19(2)11-12-28(27(33)30-18-20-6-5-13-29-17-20)16-24-9-10-25(28)31(24)26(32)23-14-21-7-3-4-8-22(21)15-23/h3-8,11,13,17,23-25H,9-10,12,14-16,18H2,1-2H3,(H,30,33)/t24-,25+,28+/m1/s1. The fraction of sp³-hybridized carbons (Fsp3) is 0.464. The molecule has 2 bridgehead atoms. The number of carbonyl (C=O) groups excluding carboxylic acids is 2. The number of rotatable bonds is 6. The number of hydrogen-bond acceptors (Lipinski definition) is 3. The van der Waals surface area contributed by atoms with Gasteiger partial charge in [0.25, 0.3) is 0 Å². The molecule has 2 fully saturated rings. The Hall–Kier alpha value is -2.95. The lowest BCUT2D eigenvalue weighted by Gasteiger charge is -2.36. The minimum atomic E-state index is -0.552. The van der Waals surface area contributed by atoms with Gasteiger partial charge in [-0.05, 0) is 75.1 Å². The Morgan fingerprint density at radius 3 is 2.55 bits per heavy atom. The molecule has 3 atom stereocenters. The minimum Gasteiger partial charge on any atom is -0.351 e. The van der Waals surface area contributed by atoms with Crippen molar-refractivity contribution in [3.8, 4) is 0 Å². The molecule has 5 nitrogen and oxygen atoms in total. The number of aromatic nitrogens is 1. The van der Waals surface area contributed by atoms with Gasteiger partial charge in [-0.15, -0.1) is 0 Å². The highest BCUT2D eigenvalue weighted by molar-refractivity contribution is 5.88. The Labute approximate surface area is 196 Å². The summed E-state index contributed by atoms with van der Waals surface area (Å²) in [6.45, 7) is 4.62. The molecule has 3 heterocycles. The lowest BCUT2D eigenvalue weighted by molar-refractivity contribution is -0.139. The highest BCUT2D eigenvalue weighted by Gasteiger charge is 2.61. The number of amides is 2. The molecule has 1 aliphatic carbocycles. The van der Waals surface area contributed by atoms with Crippen molar-refractivity contribution in [3.05, 3.63) is 77.1 Å². The number of carbonyl (C=O) groups is 2. The molecule has 33 heavy (non-hydrogen) atoms. The number of nitrogens with one attached hydrogen (secondary N) is 1. The first kappa shape index (κ1) is 21.9. The van der Waals surface area contributed by atoms with Gasteiger partial charge < -0.3 is 10.2 Å². The van der Waals surface area contributed by atoms with E-state index in [1.54, 1.807) is 12.4 Å². The summed E-state index contributed by atoms with van der Waals surface area (Å²) in [5, 5.41) is 3.19. The largest absolute Gasteiger partial charge is 0.351 e. The normalized spacial score (nSPS) is 25.7. The summed E-state index contributed by atoms with van der Waals surface area (Å²) >= 11 is 0. The molecule has 0 saturated carbocycles. The molecule has 0 radical (unpaired) electrons. The quantitative estimate of drug-likeness (QED) is 0.680. The van der Waals surface area contributed by atoms with Crippen molar-refractivity contribution in [2.75, 3.05) is 0 Å². The van der Waals surface area contributed by atoms with Crippen molar-refractivity contribution in [2.24, 2.45) is 11.3 Å². The number of benzene rings is 1. The highest BCUT2D eigenvalue weighted by Crippen LogP contribution is 2.53. The predicted octanol–water partition coefficient (Wildman–Crippen LogP) is 4.22. The third-order valence-electron chi connectivity index (χ3n) is 7.90. The van der Waals surface area contributed by atoms with Crippen LogP contribution in [0.3, 0.4) is 0 Å². The van der Waals surface area contributed by atoms with E-state index in [-0.39, 0.29) is 29.8 Å². The van der Waals surface area contributed by atoms with Crippen molar-refractivity contribution >= 4 is 11.8 Å². The zero-order valence-electron chi connectivity index (χ0n) is 19.6. The van der Waals surface area contributed by atoms with Gasteiger partial charge in [0.1, 0.15) is 0 Å². The van der Waals surface area contributed by atoms with E-state index in [2.05, 4.69) is 59.4 Å². The average Bonchev–Trinajstić information content (AvgIpc) is 3.53. The Morgan fingerprint density at radius 1 is 1.12 bits per heavy atom. The lowest BCUT2D eigenvalue weighted by Crippen LogP contribution is -2.50. The summed E-state index contributed by atoms with van der Waals surface area (Å²) < 4.78 is 0. The summed E-state index contributed by atoms with van der Waals surface area (Å²) in [4.78, 5) is 33.8. The smallest absolute Gasteiger partial charge is 0.228 e. The maximum atomic E-state index is 13.8. The summed E-state index contributed by atoms with van der Waals surface area (Å²) in [5.74, 6) is 0.324. The van der Waals surface area contributed by atoms with Gasteiger partial charge in [-0.3, -0.25) is 14.6 Å². The molecule has 5 rings (SSSR count). The van der Waals surface area contributed by atoms with Crippen LogP contribution >= 0.6 is 0 Å². The van der Waals surface area contributed by atoms with Crippen LogP contribution in [0.1, 0.15) is 56.2 Å². The second-order valence-electron chi connectivity index (χ2n) is 10.3. The van der Waals surface area contributed by atoms with Crippen molar-refractivity contribution in [1.29, 1.82) is 0 Å². The van der Waals surface area contributed by atoms with Crippen molar-refractivity contribution in [1.82, 2.24) is 15.2 Å². The van der Waals surface area contributed by atoms with Gasteiger partial charge in [0, 0.05) is 36.9 Å². The Kier molecular flexibility index (Phi) is 5.81. The SMILES string of the molecule is CC(C)=CC[C@]1(C(=O)NCc2cccnc2)C[C@H]2CC[C@@H]1N2C(=O)C1Cc2ccccc2C1. The van der Waals surface area contributed by atoms with E-state index in [9.17, 15) is 9.59 Å². The van der Waals surface area contributed by atoms with Crippen LogP contribution < -0.4 is 5.32 Å². The molecule has 1 aromatic carbocycles. The first-order chi connectivity index (χ1) is 16.0. The van der Waals surface area contributed by atoms with Crippen LogP contribution in [0.15, 0.2) is 60.4 Å². The molecule has 2 aliphatic heterocycles. The number of pyridine rings is 1. The molecule has 1 N–H and O–H groups in total. The molecule has 5 heteroatoms. The fourth-order valence-corrected chi connectivity index (χ4v) is 6.26. The van der Waals surface area contributed by atoms with Crippen LogP contribution in [0.4, 0.5) is 0 Å². The molecule has 0 spiro atoms. The van der Waals surface area contributed by atoms with Gasteiger partial charge in [-0.1, -0.05) is 42.0 Å². The molecule has 0 unspecified atom stereocenters. The maximum Gasteiger partial charge on any atom is 0.228 e. The van der Waals surface area contributed by atoms with Gasteiger partial charge in [0.05, 0.1) is 5.41 Å².